The summed E-state index contributed by atoms with van der Waals surface area (Å²) in [7, 11) is 0. The molecule has 0 bridgehead atoms. The number of rotatable bonds is 7. The van der Waals surface area contributed by atoms with Gasteiger partial charge in [0.2, 0.25) is 0 Å². The van der Waals surface area contributed by atoms with Crippen LogP contribution in [0.25, 0.3) is 21.8 Å². The highest BCUT2D eigenvalue weighted by atomic mass is 35.5. The van der Waals surface area contributed by atoms with Crippen LogP contribution in [0.5, 0.6) is 0 Å². The average Bonchev–Trinajstić information content (AvgIpc) is 3.51. The van der Waals surface area contributed by atoms with Gasteiger partial charge in [-0.05, 0) is 62.4 Å². The standard InChI is InChI=1S/C18H19Cl2N3.C14H11Cl2N3/c1-3-22(4-2)18-13-8-5-6-11-17(13)23(21-18)12-14-15(19)9-7-10-16(14)20;15-11-5-3-6-12(16)10(11)8-19-13-7-2-1-4-9(13)14(17)18-19/h5-11H,3-4,12H2,1-2H3;1-7H,8H2,(H2,17,18). The van der Waals surface area contributed by atoms with Crippen molar-refractivity contribution in [3.05, 3.63) is 116 Å². The third-order valence-electron chi connectivity index (χ3n) is 7.13. The first-order valence-electron chi connectivity index (χ1n) is 13.6. The lowest BCUT2D eigenvalue weighted by Crippen LogP contribution is -2.22. The van der Waals surface area contributed by atoms with E-state index < -0.39 is 0 Å². The largest absolute Gasteiger partial charge is 0.382 e. The Labute approximate surface area is 265 Å². The van der Waals surface area contributed by atoms with E-state index in [2.05, 4.69) is 36.0 Å². The first-order chi connectivity index (χ1) is 20.3. The highest BCUT2D eigenvalue weighted by Gasteiger charge is 2.16. The second kappa shape index (κ2) is 13.3. The van der Waals surface area contributed by atoms with Crippen LogP contribution in [0.4, 0.5) is 11.6 Å². The molecular weight excluding hydrogens is 610 g/mol. The summed E-state index contributed by atoms with van der Waals surface area (Å²) in [5.74, 6) is 1.52. The Hall–Kier alpha value is -3.42. The third-order valence-corrected chi connectivity index (χ3v) is 8.54. The van der Waals surface area contributed by atoms with Gasteiger partial charge in [0.1, 0.15) is 0 Å². The van der Waals surface area contributed by atoms with E-state index in [1.54, 1.807) is 0 Å². The Morgan fingerprint density at radius 3 is 1.52 bits per heavy atom. The smallest absolute Gasteiger partial charge is 0.158 e. The molecule has 0 spiro atoms. The van der Waals surface area contributed by atoms with Gasteiger partial charge in [-0.15, -0.1) is 0 Å². The molecule has 2 heterocycles. The van der Waals surface area contributed by atoms with Crippen molar-refractivity contribution in [1.29, 1.82) is 0 Å². The normalized spacial score (nSPS) is 11.1. The van der Waals surface area contributed by atoms with Crippen LogP contribution in [0.15, 0.2) is 84.9 Å². The highest BCUT2D eigenvalue weighted by molar-refractivity contribution is 6.36. The maximum absolute atomic E-state index is 6.32. The fourth-order valence-electron chi connectivity index (χ4n) is 4.93. The first-order valence-corrected chi connectivity index (χ1v) is 15.1. The summed E-state index contributed by atoms with van der Waals surface area (Å²) < 4.78 is 3.80. The van der Waals surface area contributed by atoms with Crippen molar-refractivity contribution in [2.24, 2.45) is 0 Å². The summed E-state index contributed by atoms with van der Waals surface area (Å²) in [5.41, 5.74) is 9.71. The summed E-state index contributed by atoms with van der Waals surface area (Å²) in [5, 5.41) is 13.9. The second-order valence-corrected chi connectivity index (χ2v) is 11.3. The number of anilines is 2. The van der Waals surface area contributed by atoms with E-state index in [0.717, 1.165) is 51.8 Å². The molecule has 0 aliphatic carbocycles. The monoisotopic (exact) mass is 638 g/mol. The minimum atomic E-state index is 0.496. The van der Waals surface area contributed by atoms with Gasteiger partial charge < -0.3 is 10.6 Å². The maximum atomic E-state index is 6.32. The van der Waals surface area contributed by atoms with Gasteiger partial charge in [-0.2, -0.15) is 10.2 Å². The molecule has 6 aromatic rings. The molecule has 0 unspecified atom stereocenters. The van der Waals surface area contributed by atoms with E-state index >= 15 is 0 Å². The molecule has 4 aromatic carbocycles. The van der Waals surface area contributed by atoms with Crippen molar-refractivity contribution in [3.63, 3.8) is 0 Å². The number of halogens is 4. The molecule has 0 amide bonds. The fourth-order valence-corrected chi connectivity index (χ4v) is 5.96. The molecule has 42 heavy (non-hydrogen) atoms. The van der Waals surface area contributed by atoms with Crippen LogP contribution in [0, 0.1) is 0 Å². The average molecular weight is 640 g/mol. The van der Waals surface area contributed by atoms with Crippen LogP contribution in [0.2, 0.25) is 20.1 Å². The molecule has 6 nitrogen and oxygen atoms in total. The van der Waals surface area contributed by atoms with Crippen molar-refractivity contribution in [2.45, 2.75) is 26.9 Å². The van der Waals surface area contributed by atoms with Gasteiger partial charge in [-0.3, -0.25) is 9.36 Å². The topological polar surface area (TPSA) is 64.9 Å². The molecule has 216 valence electrons. The first kappa shape index (κ1) is 30.1. The lowest BCUT2D eigenvalue weighted by atomic mass is 10.2. The minimum Gasteiger partial charge on any atom is -0.382 e. The lowest BCUT2D eigenvalue weighted by molar-refractivity contribution is 0.699. The van der Waals surface area contributed by atoms with Gasteiger partial charge in [0.05, 0.1) is 24.1 Å². The van der Waals surface area contributed by atoms with E-state index in [9.17, 15) is 0 Å². The molecule has 10 heteroatoms. The van der Waals surface area contributed by atoms with Gasteiger partial charge in [-0.25, -0.2) is 0 Å². The Bertz CT molecular complexity index is 1800. The number of benzene rings is 4. The predicted molar refractivity (Wildman–Crippen MR) is 179 cm³/mol. The predicted octanol–water partition coefficient (Wildman–Crippen LogP) is 9.21. The number of nitrogens with zero attached hydrogens (tertiary/aromatic N) is 5. The van der Waals surface area contributed by atoms with Crippen LogP contribution in [0.3, 0.4) is 0 Å². The Kier molecular flexibility index (Phi) is 9.49. The summed E-state index contributed by atoms with van der Waals surface area (Å²) in [6, 6.07) is 27.1. The van der Waals surface area contributed by atoms with E-state index in [-0.39, 0.29) is 0 Å². The Morgan fingerprint density at radius 1 is 0.595 bits per heavy atom. The summed E-state index contributed by atoms with van der Waals surface area (Å²) in [4.78, 5) is 2.26. The number of para-hydroxylation sites is 2. The van der Waals surface area contributed by atoms with Gasteiger partial charge in [0.15, 0.2) is 11.6 Å². The van der Waals surface area contributed by atoms with Crippen molar-refractivity contribution < 1.29 is 0 Å². The van der Waals surface area contributed by atoms with Crippen molar-refractivity contribution in [1.82, 2.24) is 19.6 Å². The van der Waals surface area contributed by atoms with E-state index in [0.29, 0.717) is 39.0 Å². The molecule has 0 saturated carbocycles. The summed E-state index contributed by atoms with van der Waals surface area (Å²) in [6.07, 6.45) is 0. The van der Waals surface area contributed by atoms with Gasteiger partial charge >= 0.3 is 0 Å². The molecule has 0 fully saturated rings. The zero-order valence-electron chi connectivity index (χ0n) is 23.2. The maximum Gasteiger partial charge on any atom is 0.158 e. The zero-order chi connectivity index (χ0) is 29.8. The Morgan fingerprint density at radius 2 is 1.02 bits per heavy atom. The quantitative estimate of drug-likeness (QED) is 0.189. The third kappa shape index (κ3) is 6.18. The molecule has 6 rings (SSSR count). The molecule has 0 radical (unpaired) electrons. The Balaban J connectivity index is 0.000000171. The molecule has 0 aliphatic rings. The van der Waals surface area contributed by atoms with Crippen LogP contribution >= 0.6 is 46.4 Å². The number of nitrogens with two attached hydrogens (primary N) is 1. The number of hydrogen-bond donors (Lipinski definition) is 1. The second-order valence-electron chi connectivity index (χ2n) is 9.63. The SMILES string of the molecule is CCN(CC)c1nn(Cc2c(Cl)cccc2Cl)c2ccccc12.Nc1nn(Cc2c(Cl)cccc2Cl)c2ccccc12. The van der Waals surface area contributed by atoms with Gasteiger partial charge in [0, 0.05) is 55.1 Å². The highest BCUT2D eigenvalue weighted by Crippen LogP contribution is 2.30. The summed E-state index contributed by atoms with van der Waals surface area (Å²) in [6.45, 7) is 7.18. The lowest BCUT2D eigenvalue weighted by Gasteiger charge is -2.18. The van der Waals surface area contributed by atoms with Crippen molar-refractivity contribution in [3.8, 4) is 0 Å². The van der Waals surface area contributed by atoms with Crippen LogP contribution in [0.1, 0.15) is 25.0 Å². The number of hydrogen-bond acceptors (Lipinski definition) is 4. The number of fused-ring (bicyclic) bond motifs is 2. The number of aromatic nitrogens is 4. The molecule has 0 atom stereocenters. The minimum absolute atomic E-state index is 0.496. The molecule has 0 aliphatic heterocycles. The molecule has 0 saturated heterocycles. The molecule has 2 aromatic heterocycles. The molecule has 2 N–H and O–H groups in total. The van der Waals surface area contributed by atoms with Crippen LogP contribution < -0.4 is 10.6 Å². The summed E-state index contributed by atoms with van der Waals surface area (Å²) >= 11 is 25.0. The fraction of sp³-hybridized carbons (Fsp3) is 0.188. The van der Waals surface area contributed by atoms with Crippen LogP contribution in [-0.2, 0) is 13.1 Å². The van der Waals surface area contributed by atoms with E-state index in [1.807, 2.05) is 82.2 Å². The van der Waals surface area contributed by atoms with E-state index in [1.165, 1.54) is 0 Å². The van der Waals surface area contributed by atoms with Crippen LogP contribution in [-0.4, -0.2) is 32.7 Å². The number of nitrogen functional groups attached to an aromatic ring is 1. The molecular formula is C32H30Cl4N6. The van der Waals surface area contributed by atoms with E-state index in [4.69, 9.17) is 57.2 Å². The van der Waals surface area contributed by atoms with Crippen molar-refractivity contribution >= 4 is 79.8 Å². The zero-order valence-corrected chi connectivity index (χ0v) is 26.3. The van der Waals surface area contributed by atoms with Crippen molar-refractivity contribution in [2.75, 3.05) is 23.7 Å². The van der Waals surface area contributed by atoms with Gasteiger partial charge in [0.25, 0.3) is 0 Å². The van der Waals surface area contributed by atoms with Gasteiger partial charge in [-0.1, -0.05) is 82.8 Å².